The topological polar surface area (TPSA) is 111 Å². The highest BCUT2D eigenvalue weighted by Crippen LogP contribution is 2.38. The van der Waals surface area contributed by atoms with Gasteiger partial charge in [-0.2, -0.15) is 0 Å². The molecule has 0 aromatic carbocycles. The standard InChI is InChI=1S/C21H37N5O4Si/c1-8-9-10-11-25-19(27)15(2)13-26(20(25)28)18-12-16(23-24-22)17(30-18)14-29-31(6,7)21(3,4)5/h13,16-18H,8-12,14H2,1-7H3/t16-,17+,18+/m0/s1. The van der Waals surface area contributed by atoms with Crippen LogP contribution in [-0.2, 0) is 15.7 Å². The van der Waals surface area contributed by atoms with Crippen molar-refractivity contribution in [2.24, 2.45) is 5.11 Å². The van der Waals surface area contributed by atoms with Gasteiger partial charge in [-0.1, -0.05) is 45.7 Å². The van der Waals surface area contributed by atoms with Crippen molar-refractivity contribution >= 4 is 8.32 Å². The van der Waals surface area contributed by atoms with Crippen molar-refractivity contribution in [2.45, 2.75) is 103 Å². The molecule has 0 unspecified atom stereocenters. The van der Waals surface area contributed by atoms with E-state index in [1.165, 1.54) is 9.13 Å². The van der Waals surface area contributed by atoms with Crippen LogP contribution in [0.4, 0.5) is 0 Å². The molecular weight excluding hydrogens is 414 g/mol. The van der Waals surface area contributed by atoms with Crippen molar-refractivity contribution in [3.63, 3.8) is 0 Å². The fourth-order valence-electron chi connectivity index (χ4n) is 3.41. The normalized spacial score (nSPS) is 21.8. The molecule has 1 aliphatic heterocycles. The summed E-state index contributed by atoms with van der Waals surface area (Å²) in [5.74, 6) is 0. The SMILES string of the molecule is CCCCCn1c(=O)c(C)cn([C@H]2C[C@H](N=[N+]=[N-])[C@@H](CO[Si](C)(C)C(C)(C)C)O2)c1=O. The number of nitrogens with zero attached hydrogens (tertiary/aromatic N) is 5. The Kier molecular flexibility index (Phi) is 8.32. The minimum Gasteiger partial charge on any atom is -0.414 e. The predicted octanol–water partition coefficient (Wildman–Crippen LogP) is 4.50. The Hall–Kier alpha value is -1.87. The zero-order valence-corrected chi connectivity index (χ0v) is 20.9. The maximum absolute atomic E-state index is 13.1. The van der Waals surface area contributed by atoms with Gasteiger partial charge in [0, 0.05) is 29.6 Å². The molecule has 3 atom stereocenters. The second-order valence-corrected chi connectivity index (χ2v) is 14.7. The van der Waals surface area contributed by atoms with Gasteiger partial charge >= 0.3 is 5.69 Å². The molecule has 0 spiro atoms. The molecule has 174 valence electrons. The van der Waals surface area contributed by atoms with Gasteiger partial charge in [-0.25, -0.2) is 4.79 Å². The number of ether oxygens (including phenoxy) is 1. The third kappa shape index (κ3) is 5.88. The summed E-state index contributed by atoms with van der Waals surface area (Å²) in [4.78, 5) is 28.5. The Balaban J connectivity index is 2.29. The molecule has 1 aromatic heterocycles. The zero-order chi connectivity index (χ0) is 23.4. The van der Waals surface area contributed by atoms with Crippen LogP contribution < -0.4 is 11.2 Å². The first-order valence-electron chi connectivity index (χ1n) is 11.1. The average molecular weight is 452 g/mol. The number of azide groups is 1. The second kappa shape index (κ2) is 10.2. The van der Waals surface area contributed by atoms with Crippen LogP contribution in [0.2, 0.25) is 18.1 Å². The van der Waals surface area contributed by atoms with E-state index in [2.05, 4.69) is 50.8 Å². The number of aryl methyl sites for hydroxylation is 1. The molecule has 0 bridgehead atoms. The summed E-state index contributed by atoms with van der Waals surface area (Å²) in [6.07, 6.45) is 3.59. The van der Waals surface area contributed by atoms with Crippen molar-refractivity contribution in [1.82, 2.24) is 9.13 Å². The predicted molar refractivity (Wildman–Crippen MR) is 124 cm³/mol. The Morgan fingerprint density at radius 2 is 2.00 bits per heavy atom. The fourth-order valence-corrected chi connectivity index (χ4v) is 4.43. The number of hydrogen-bond acceptors (Lipinski definition) is 5. The minimum atomic E-state index is -2.01. The van der Waals surface area contributed by atoms with Crippen LogP contribution in [0.15, 0.2) is 20.9 Å². The summed E-state index contributed by atoms with van der Waals surface area (Å²) < 4.78 is 15.2. The fraction of sp³-hybridized carbons (Fsp3) is 0.810. The summed E-state index contributed by atoms with van der Waals surface area (Å²) in [6, 6.07) is -0.438. The zero-order valence-electron chi connectivity index (χ0n) is 19.9. The van der Waals surface area contributed by atoms with Crippen LogP contribution >= 0.6 is 0 Å². The van der Waals surface area contributed by atoms with Gasteiger partial charge in [-0.15, -0.1) is 0 Å². The Morgan fingerprint density at radius 3 is 2.58 bits per heavy atom. The molecule has 9 nitrogen and oxygen atoms in total. The number of hydrogen-bond donors (Lipinski definition) is 0. The lowest BCUT2D eigenvalue weighted by molar-refractivity contribution is -0.0253. The van der Waals surface area contributed by atoms with Gasteiger partial charge in [-0.05, 0) is 37.0 Å². The molecule has 1 aliphatic rings. The van der Waals surface area contributed by atoms with E-state index in [9.17, 15) is 9.59 Å². The van der Waals surface area contributed by atoms with Gasteiger partial charge in [0.1, 0.15) is 6.23 Å². The average Bonchev–Trinajstić information content (AvgIpc) is 3.08. The third-order valence-corrected chi connectivity index (χ3v) is 11.0. The lowest BCUT2D eigenvalue weighted by Gasteiger charge is -2.37. The summed E-state index contributed by atoms with van der Waals surface area (Å²) in [5.41, 5.74) is 8.85. The van der Waals surface area contributed by atoms with Crippen molar-refractivity contribution in [1.29, 1.82) is 0 Å². The third-order valence-electron chi connectivity index (χ3n) is 6.48. The van der Waals surface area contributed by atoms with Gasteiger partial charge in [-0.3, -0.25) is 13.9 Å². The quantitative estimate of drug-likeness (QED) is 0.181. The minimum absolute atomic E-state index is 0.0427. The van der Waals surface area contributed by atoms with E-state index in [4.69, 9.17) is 14.7 Å². The first kappa shape index (κ1) is 25.4. The maximum Gasteiger partial charge on any atom is 0.333 e. The van der Waals surface area contributed by atoms with Crippen LogP contribution in [0.5, 0.6) is 0 Å². The van der Waals surface area contributed by atoms with Gasteiger partial charge in [0.05, 0.1) is 18.8 Å². The maximum atomic E-state index is 13.1. The van der Waals surface area contributed by atoms with Gasteiger partial charge in [0.25, 0.3) is 5.56 Å². The van der Waals surface area contributed by atoms with Crippen molar-refractivity contribution in [3.8, 4) is 0 Å². The van der Waals surface area contributed by atoms with E-state index >= 15 is 0 Å². The van der Waals surface area contributed by atoms with E-state index in [1.54, 1.807) is 13.1 Å². The van der Waals surface area contributed by atoms with Crippen LogP contribution in [0, 0.1) is 6.92 Å². The summed E-state index contributed by atoms with van der Waals surface area (Å²) in [6.45, 7) is 15.3. The van der Waals surface area contributed by atoms with Gasteiger partial charge < -0.3 is 9.16 Å². The Bertz CT molecular complexity index is 927. The highest BCUT2D eigenvalue weighted by molar-refractivity contribution is 6.74. The highest BCUT2D eigenvalue weighted by atomic mass is 28.4. The molecule has 2 heterocycles. The Morgan fingerprint density at radius 1 is 1.32 bits per heavy atom. The lowest BCUT2D eigenvalue weighted by Crippen LogP contribution is -2.44. The molecule has 1 saturated heterocycles. The van der Waals surface area contributed by atoms with Crippen LogP contribution in [0.3, 0.4) is 0 Å². The number of unbranched alkanes of at least 4 members (excludes halogenated alkanes) is 2. The largest absolute Gasteiger partial charge is 0.414 e. The number of rotatable bonds is 9. The first-order chi connectivity index (χ1) is 14.4. The van der Waals surface area contributed by atoms with E-state index < -0.39 is 26.7 Å². The van der Waals surface area contributed by atoms with Gasteiger partial charge in [0.15, 0.2) is 8.32 Å². The number of aromatic nitrogens is 2. The van der Waals surface area contributed by atoms with E-state index in [1.807, 2.05) is 0 Å². The van der Waals surface area contributed by atoms with Crippen molar-refractivity contribution in [2.75, 3.05) is 6.61 Å². The summed E-state index contributed by atoms with van der Waals surface area (Å²) in [7, 11) is -2.01. The first-order valence-corrected chi connectivity index (χ1v) is 14.0. The smallest absolute Gasteiger partial charge is 0.333 e. The molecule has 0 aliphatic carbocycles. The molecule has 1 aromatic rings. The van der Waals surface area contributed by atoms with Crippen LogP contribution in [0.25, 0.3) is 10.4 Å². The van der Waals surface area contributed by atoms with Gasteiger partial charge in [0.2, 0.25) is 0 Å². The van der Waals surface area contributed by atoms with E-state index in [0.717, 1.165) is 19.3 Å². The molecule has 0 saturated carbocycles. The van der Waals surface area contributed by atoms with E-state index in [0.29, 0.717) is 25.1 Å². The molecular formula is C21H37N5O4Si. The van der Waals surface area contributed by atoms with Crippen LogP contribution in [-0.4, -0.2) is 36.2 Å². The molecule has 31 heavy (non-hydrogen) atoms. The van der Waals surface area contributed by atoms with Crippen molar-refractivity contribution < 1.29 is 9.16 Å². The van der Waals surface area contributed by atoms with Crippen LogP contribution in [0.1, 0.15) is 65.2 Å². The second-order valence-electron chi connectivity index (χ2n) is 9.87. The van der Waals surface area contributed by atoms with Crippen molar-refractivity contribution in [3.05, 3.63) is 43.0 Å². The molecule has 0 radical (unpaired) electrons. The molecule has 1 fully saturated rings. The monoisotopic (exact) mass is 451 g/mol. The molecule has 2 rings (SSSR count). The summed E-state index contributed by atoms with van der Waals surface area (Å²) >= 11 is 0. The summed E-state index contributed by atoms with van der Waals surface area (Å²) in [5, 5.41) is 3.95. The Labute approximate surface area is 185 Å². The molecule has 0 N–H and O–H groups in total. The van der Waals surface area contributed by atoms with E-state index in [-0.39, 0.29) is 16.3 Å². The molecule has 10 heteroatoms. The molecule has 0 amide bonds. The lowest BCUT2D eigenvalue weighted by atomic mass is 10.1. The highest BCUT2D eigenvalue weighted by Gasteiger charge is 2.41.